The van der Waals surface area contributed by atoms with Crippen molar-refractivity contribution in [3.05, 3.63) is 41.2 Å². The lowest BCUT2D eigenvalue weighted by atomic mass is 10.1. The number of carbonyl (C=O) groups is 1. The molecule has 1 amide bonds. The fourth-order valence-electron chi connectivity index (χ4n) is 2.16. The van der Waals surface area contributed by atoms with Gasteiger partial charge in [-0.2, -0.15) is 0 Å². The van der Waals surface area contributed by atoms with Gasteiger partial charge in [0.25, 0.3) is 0 Å². The predicted octanol–water partition coefficient (Wildman–Crippen LogP) is 3.29. The lowest BCUT2D eigenvalue weighted by Crippen LogP contribution is -2.17. The molecule has 2 N–H and O–H groups in total. The van der Waals surface area contributed by atoms with Crippen molar-refractivity contribution in [1.82, 2.24) is 5.16 Å². The fourth-order valence-corrected chi connectivity index (χ4v) is 2.16. The van der Waals surface area contributed by atoms with Crippen LogP contribution >= 0.6 is 0 Å². The molecule has 2 aromatic rings. The average Bonchev–Trinajstić information content (AvgIpc) is 2.86. The topological polar surface area (TPSA) is 67.2 Å². The molecular formula is C16H21N3O2. The third kappa shape index (κ3) is 4.08. The zero-order chi connectivity index (χ0) is 15.2. The molecule has 1 heterocycles. The molecule has 2 rings (SSSR count). The van der Waals surface area contributed by atoms with E-state index in [1.807, 2.05) is 32.0 Å². The van der Waals surface area contributed by atoms with E-state index in [9.17, 15) is 4.79 Å². The molecule has 0 aliphatic heterocycles. The molecule has 0 atom stereocenters. The van der Waals surface area contributed by atoms with Gasteiger partial charge in [0.05, 0.1) is 0 Å². The molecule has 0 unspecified atom stereocenters. The fraction of sp³-hybridized carbons (Fsp3) is 0.375. The number of nitrogens with one attached hydrogen (secondary N) is 2. The van der Waals surface area contributed by atoms with Crippen LogP contribution in [0.3, 0.4) is 0 Å². The molecular weight excluding hydrogens is 266 g/mol. The minimum Gasteiger partial charge on any atom is -0.367 e. The van der Waals surface area contributed by atoms with E-state index in [0.29, 0.717) is 18.8 Å². The van der Waals surface area contributed by atoms with Gasteiger partial charge in [-0.25, -0.2) is 0 Å². The number of anilines is 2. The number of hydrogen-bond acceptors (Lipinski definition) is 4. The third-order valence-corrected chi connectivity index (χ3v) is 3.29. The van der Waals surface area contributed by atoms with Crippen molar-refractivity contribution in [1.29, 1.82) is 0 Å². The van der Waals surface area contributed by atoms with Crippen LogP contribution in [-0.4, -0.2) is 17.6 Å². The van der Waals surface area contributed by atoms with Gasteiger partial charge in [0, 0.05) is 24.7 Å². The standard InChI is InChI=1S/C16H21N3O2/c1-4-13-7-5-6-11(2)16(13)18-15(20)8-9-17-14-10-12(3)21-19-14/h5-7,10H,4,8-9H2,1-3H3,(H,17,19)(H,18,20). The van der Waals surface area contributed by atoms with Gasteiger partial charge in [-0.3, -0.25) is 4.79 Å². The smallest absolute Gasteiger partial charge is 0.226 e. The maximum absolute atomic E-state index is 12.0. The monoisotopic (exact) mass is 287 g/mol. The van der Waals surface area contributed by atoms with Gasteiger partial charge in [-0.15, -0.1) is 0 Å². The molecule has 0 saturated carbocycles. The highest BCUT2D eigenvalue weighted by Crippen LogP contribution is 2.21. The zero-order valence-corrected chi connectivity index (χ0v) is 12.7. The third-order valence-electron chi connectivity index (χ3n) is 3.29. The summed E-state index contributed by atoms with van der Waals surface area (Å²) in [6.45, 7) is 6.44. The molecule has 21 heavy (non-hydrogen) atoms. The molecule has 5 nitrogen and oxygen atoms in total. The summed E-state index contributed by atoms with van der Waals surface area (Å²) in [5.74, 6) is 1.40. The largest absolute Gasteiger partial charge is 0.367 e. The molecule has 0 aliphatic carbocycles. The lowest BCUT2D eigenvalue weighted by molar-refractivity contribution is -0.115. The summed E-state index contributed by atoms with van der Waals surface area (Å²) in [6.07, 6.45) is 1.27. The Balaban J connectivity index is 1.87. The minimum absolute atomic E-state index is 0.00767. The number of amides is 1. The summed E-state index contributed by atoms with van der Waals surface area (Å²) >= 11 is 0. The summed E-state index contributed by atoms with van der Waals surface area (Å²) < 4.78 is 4.95. The quantitative estimate of drug-likeness (QED) is 0.855. The molecule has 0 bridgehead atoms. The van der Waals surface area contributed by atoms with Crippen LogP contribution < -0.4 is 10.6 Å². The summed E-state index contributed by atoms with van der Waals surface area (Å²) in [4.78, 5) is 12.0. The molecule has 112 valence electrons. The molecule has 0 aliphatic rings. The Morgan fingerprint density at radius 3 is 2.81 bits per heavy atom. The molecule has 0 spiro atoms. The molecule has 0 radical (unpaired) electrons. The highest BCUT2D eigenvalue weighted by Gasteiger charge is 2.08. The highest BCUT2D eigenvalue weighted by molar-refractivity contribution is 5.92. The Labute approximate surface area is 124 Å². The molecule has 0 fully saturated rings. The Kier molecular flexibility index (Phi) is 4.98. The first-order valence-corrected chi connectivity index (χ1v) is 7.15. The van der Waals surface area contributed by atoms with Crippen molar-refractivity contribution in [3.63, 3.8) is 0 Å². The van der Waals surface area contributed by atoms with Crippen LogP contribution in [0.1, 0.15) is 30.2 Å². The second kappa shape index (κ2) is 6.92. The number of carbonyl (C=O) groups excluding carboxylic acids is 1. The van der Waals surface area contributed by atoms with E-state index in [4.69, 9.17) is 4.52 Å². The number of nitrogens with zero attached hydrogens (tertiary/aromatic N) is 1. The second-order valence-electron chi connectivity index (χ2n) is 5.01. The first-order valence-electron chi connectivity index (χ1n) is 7.15. The van der Waals surface area contributed by atoms with E-state index in [1.165, 1.54) is 0 Å². The van der Waals surface area contributed by atoms with Gasteiger partial charge in [-0.1, -0.05) is 30.3 Å². The number of benzene rings is 1. The van der Waals surface area contributed by atoms with Crippen molar-refractivity contribution >= 4 is 17.4 Å². The van der Waals surface area contributed by atoms with E-state index in [-0.39, 0.29) is 5.91 Å². The van der Waals surface area contributed by atoms with Crippen LogP contribution in [0.4, 0.5) is 11.5 Å². The number of para-hydroxylation sites is 1. The van der Waals surface area contributed by atoms with Crippen LogP contribution in [0.25, 0.3) is 0 Å². The van der Waals surface area contributed by atoms with Crippen LogP contribution in [-0.2, 0) is 11.2 Å². The average molecular weight is 287 g/mol. The number of aryl methyl sites for hydroxylation is 3. The predicted molar refractivity (Wildman–Crippen MR) is 83.5 cm³/mol. The maximum Gasteiger partial charge on any atom is 0.226 e. The normalized spacial score (nSPS) is 10.4. The molecule has 1 aromatic carbocycles. The molecule has 5 heteroatoms. The minimum atomic E-state index is -0.00767. The number of aromatic nitrogens is 1. The van der Waals surface area contributed by atoms with Crippen molar-refractivity contribution < 1.29 is 9.32 Å². The maximum atomic E-state index is 12.0. The SMILES string of the molecule is CCc1cccc(C)c1NC(=O)CCNc1cc(C)on1. The zero-order valence-electron chi connectivity index (χ0n) is 12.7. The van der Waals surface area contributed by atoms with Gasteiger partial charge in [0.2, 0.25) is 5.91 Å². The molecule has 0 saturated heterocycles. The first kappa shape index (κ1) is 15.1. The van der Waals surface area contributed by atoms with Crippen LogP contribution in [0.15, 0.2) is 28.8 Å². The van der Waals surface area contributed by atoms with Gasteiger partial charge in [-0.05, 0) is 31.4 Å². The van der Waals surface area contributed by atoms with Crippen molar-refractivity contribution in [2.45, 2.75) is 33.6 Å². The summed E-state index contributed by atoms with van der Waals surface area (Å²) in [7, 11) is 0. The number of hydrogen-bond donors (Lipinski definition) is 2. The lowest BCUT2D eigenvalue weighted by Gasteiger charge is -2.13. The Morgan fingerprint density at radius 2 is 2.14 bits per heavy atom. The number of rotatable bonds is 6. The van der Waals surface area contributed by atoms with E-state index in [1.54, 1.807) is 6.07 Å². The Hall–Kier alpha value is -2.30. The van der Waals surface area contributed by atoms with Crippen molar-refractivity contribution in [2.75, 3.05) is 17.2 Å². The Bertz CT molecular complexity index is 620. The van der Waals surface area contributed by atoms with Crippen molar-refractivity contribution in [2.24, 2.45) is 0 Å². The summed E-state index contributed by atoms with van der Waals surface area (Å²) in [5.41, 5.74) is 3.17. The van der Waals surface area contributed by atoms with Crippen LogP contribution in [0, 0.1) is 13.8 Å². The second-order valence-corrected chi connectivity index (χ2v) is 5.01. The highest BCUT2D eigenvalue weighted by atomic mass is 16.5. The van der Waals surface area contributed by atoms with Gasteiger partial charge in [0.1, 0.15) is 5.76 Å². The molecule has 1 aromatic heterocycles. The summed E-state index contributed by atoms with van der Waals surface area (Å²) in [6, 6.07) is 7.86. The van der Waals surface area contributed by atoms with E-state index >= 15 is 0 Å². The summed E-state index contributed by atoms with van der Waals surface area (Å²) in [5, 5.41) is 9.88. The van der Waals surface area contributed by atoms with Gasteiger partial charge >= 0.3 is 0 Å². The van der Waals surface area contributed by atoms with E-state index in [2.05, 4.69) is 22.7 Å². The van der Waals surface area contributed by atoms with Crippen LogP contribution in [0.2, 0.25) is 0 Å². The first-order chi connectivity index (χ1) is 10.1. The Morgan fingerprint density at radius 1 is 1.33 bits per heavy atom. The van der Waals surface area contributed by atoms with Crippen molar-refractivity contribution in [3.8, 4) is 0 Å². The van der Waals surface area contributed by atoms with E-state index in [0.717, 1.165) is 29.0 Å². The van der Waals surface area contributed by atoms with E-state index < -0.39 is 0 Å². The van der Waals surface area contributed by atoms with Crippen LogP contribution in [0.5, 0.6) is 0 Å². The van der Waals surface area contributed by atoms with Gasteiger partial charge in [0.15, 0.2) is 5.82 Å². The van der Waals surface area contributed by atoms with Gasteiger partial charge < -0.3 is 15.2 Å².